The number of alkyl halides is 3. The van der Waals surface area contributed by atoms with Crippen molar-refractivity contribution in [1.29, 1.82) is 0 Å². The molecular formula is C13H16F3N2O3PS. The van der Waals surface area contributed by atoms with Crippen LogP contribution in [-0.2, 0) is 19.7 Å². The molecule has 0 bridgehead atoms. The lowest BCUT2D eigenvalue weighted by Gasteiger charge is -2.14. The first kappa shape index (κ1) is 18.4. The third kappa shape index (κ3) is 6.19. The van der Waals surface area contributed by atoms with Gasteiger partial charge in [0, 0.05) is 12.2 Å². The van der Waals surface area contributed by atoms with Crippen LogP contribution in [-0.4, -0.2) is 31.5 Å². The van der Waals surface area contributed by atoms with Crippen molar-refractivity contribution >= 4 is 31.6 Å². The Kier molecular flexibility index (Phi) is 6.55. The number of anilines is 1. The molecule has 1 aromatic rings. The standard InChI is InChI=1S/C13H16F3N2O3PS/c1-9-6-10(13(14,15)16)8-11(7-9)18-12(23)17-2-3-19-22-20-4-5-21-22/h6-8H,2-5H2,1H3,(H2,17,18,23). The van der Waals surface area contributed by atoms with Crippen molar-refractivity contribution in [3.8, 4) is 0 Å². The van der Waals surface area contributed by atoms with Gasteiger partial charge in [-0.15, -0.1) is 0 Å². The van der Waals surface area contributed by atoms with Crippen LogP contribution in [0.5, 0.6) is 0 Å². The molecule has 0 atom stereocenters. The zero-order valence-corrected chi connectivity index (χ0v) is 14.0. The minimum atomic E-state index is -4.39. The van der Waals surface area contributed by atoms with E-state index in [4.69, 9.17) is 25.8 Å². The molecule has 1 aliphatic rings. The summed E-state index contributed by atoms with van der Waals surface area (Å²) in [6.45, 7) is 3.33. The average molecular weight is 368 g/mol. The van der Waals surface area contributed by atoms with E-state index in [1.807, 2.05) is 0 Å². The number of aryl methyl sites for hydroxylation is 1. The van der Waals surface area contributed by atoms with Crippen molar-refractivity contribution in [2.75, 3.05) is 31.7 Å². The van der Waals surface area contributed by atoms with E-state index in [0.717, 1.165) is 12.1 Å². The molecule has 1 fully saturated rings. The van der Waals surface area contributed by atoms with Crippen molar-refractivity contribution < 1.29 is 26.7 Å². The Labute approximate surface area is 138 Å². The highest BCUT2D eigenvalue weighted by Gasteiger charge is 2.31. The van der Waals surface area contributed by atoms with E-state index in [0.29, 0.717) is 31.9 Å². The Morgan fingerprint density at radius 1 is 1.30 bits per heavy atom. The van der Waals surface area contributed by atoms with Gasteiger partial charge in [-0.25, -0.2) is 0 Å². The molecular weight excluding hydrogens is 352 g/mol. The zero-order valence-electron chi connectivity index (χ0n) is 12.3. The molecule has 10 heteroatoms. The van der Waals surface area contributed by atoms with E-state index in [2.05, 4.69) is 10.6 Å². The fourth-order valence-corrected chi connectivity index (χ4v) is 2.95. The van der Waals surface area contributed by atoms with E-state index >= 15 is 0 Å². The Bertz CT molecular complexity index is 554. The highest BCUT2D eigenvalue weighted by Crippen LogP contribution is 2.43. The fourth-order valence-electron chi connectivity index (χ4n) is 1.81. The first-order chi connectivity index (χ1) is 10.8. The number of hydrogen-bond donors (Lipinski definition) is 2. The SMILES string of the molecule is Cc1cc(NC(=S)NCCOP2OCCO2)cc(C(F)(F)F)c1. The second-order valence-corrected chi connectivity index (χ2v) is 6.32. The lowest BCUT2D eigenvalue weighted by molar-refractivity contribution is -0.137. The monoisotopic (exact) mass is 368 g/mol. The van der Waals surface area contributed by atoms with Crippen molar-refractivity contribution in [2.24, 2.45) is 0 Å². The minimum absolute atomic E-state index is 0.216. The number of halogens is 3. The summed E-state index contributed by atoms with van der Waals surface area (Å²) in [6, 6.07) is 3.68. The molecule has 1 heterocycles. The van der Waals surface area contributed by atoms with Crippen LogP contribution >= 0.6 is 20.8 Å². The molecule has 128 valence electrons. The van der Waals surface area contributed by atoms with Gasteiger partial charge in [-0.1, -0.05) is 0 Å². The molecule has 1 aliphatic heterocycles. The Morgan fingerprint density at radius 2 is 2.00 bits per heavy atom. The summed E-state index contributed by atoms with van der Waals surface area (Å²) < 4.78 is 53.9. The molecule has 0 radical (unpaired) electrons. The van der Waals surface area contributed by atoms with E-state index in [1.54, 1.807) is 13.0 Å². The summed E-state index contributed by atoms with van der Waals surface area (Å²) in [6.07, 6.45) is -4.39. The van der Waals surface area contributed by atoms with Gasteiger partial charge in [0.25, 0.3) is 0 Å². The number of thiocarbonyl (C=S) groups is 1. The van der Waals surface area contributed by atoms with Crippen molar-refractivity contribution in [2.45, 2.75) is 13.1 Å². The first-order valence-corrected chi connectivity index (χ1v) is 8.27. The molecule has 0 saturated carbocycles. The molecule has 2 rings (SSSR count). The maximum atomic E-state index is 12.8. The minimum Gasteiger partial charge on any atom is -0.360 e. The maximum Gasteiger partial charge on any atom is 0.416 e. The van der Waals surface area contributed by atoms with Crippen molar-refractivity contribution in [3.05, 3.63) is 29.3 Å². The van der Waals surface area contributed by atoms with E-state index in [-0.39, 0.29) is 10.8 Å². The van der Waals surface area contributed by atoms with Crippen LogP contribution in [0.4, 0.5) is 18.9 Å². The van der Waals surface area contributed by atoms with Gasteiger partial charge in [0.1, 0.15) is 0 Å². The van der Waals surface area contributed by atoms with Gasteiger partial charge in [0.05, 0.1) is 25.4 Å². The summed E-state index contributed by atoms with van der Waals surface area (Å²) in [4.78, 5) is 0. The van der Waals surface area contributed by atoms with Gasteiger partial charge in [-0.05, 0) is 42.9 Å². The molecule has 1 aromatic carbocycles. The van der Waals surface area contributed by atoms with Crippen molar-refractivity contribution in [3.63, 3.8) is 0 Å². The van der Waals surface area contributed by atoms with Crippen LogP contribution in [0, 0.1) is 6.92 Å². The predicted molar refractivity (Wildman–Crippen MR) is 85.2 cm³/mol. The summed E-state index contributed by atoms with van der Waals surface area (Å²) in [7, 11) is -1.27. The lowest BCUT2D eigenvalue weighted by atomic mass is 10.1. The van der Waals surface area contributed by atoms with E-state index < -0.39 is 20.3 Å². The number of hydrogen-bond acceptors (Lipinski definition) is 4. The van der Waals surface area contributed by atoms with Crippen LogP contribution in [0.2, 0.25) is 0 Å². The Morgan fingerprint density at radius 3 is 2.65 bits per heavy atom. The molecule has 0 aromatic heterocycles. The molecule has 0 spiro atoms. The molecule has 2 N–H and O–H groups in total. The zero-order chi connectivity index (χ0) is 16.9. The van der Waals surface area contributed by atoms with Gasteiger partial charge in [0.2, 0.25) is 0 Å². The first-order valence-electron chi connectivity index (χ1n) is 6.77. The molecule has 0 aliphatic carbocycles. The quantitative estimate of drug-likeness (QED) is 0.471. The number of nitrogens with one attached hydrogen (secondary N) is 2. The molecule has 23 heavy (non-hydrogen) atoms. The van der Waals surface area contributed by atoms with Crippen molar-refractivity contribution in [1.82, 2.24) is 5.32 Å². The van der Waals surface area contributed by atoms with Crippen LogP contribution in [0.1, 0.15) is 11.1 Å². The summed E-state index contributed by atoms with van der Waals surface area (Å²) >= 11 is 5.05. The Hall–Kier alpha value is -0.990. The van der Waals surface area contributed by atoms with Crippen LogP contribution in [0.15, 0.2) is 18.2 Å². The van der Waals surface area contributed by atoms with Gasteiger partial charge >= 0.3 is 14.8 Å². The second-order valence-electron chi connectivity index (χ2n) is 4.69. The highest BCUT2D eigenvalue weighted by atomic mass is 32.1. The number of rotatable bonds is 5. The van der Waals surface area contributed by atoms with Crippen LogP contribution in [0.3, 0.4) is 0 Å². The largest absolute Gasteiger partial charge is 0.416 e. The second kappa shape index (κ2) is 8.21. The van der Waals surface area contributed by atoms with Gasteiger partial charge < -0.3 is 24.2 Å². The van der Waals surface area contributed by atoms with Gasteiger partial charge in [0.15, 0.2) is 5.11 Å². The third-order valence-electron chi connectivity index (χ3n) is 2.72. The van der Waals surface area contributed by atoms with Crippen LogP contribution < -0.4 is 10.6 Å². The molecule has 0 unspecified atom stereocenters. The van der Waals surface area contributed by atoms with E-state index in [1.165, 1.54) is 0 Å². The fraction of sp³-hybridized carbons (Fsp3) is 0.462. The number of benzene rings is 1. The molecule has 5 nitrogen and oxygen atoms in total. The highest BCUT2D eigenvalue weighted by molar-refractivity contribution is 7.80. The predicted octanol–water partition coefficient (Wildman–Crippen LogP) is 3.59. The van der Waals surface area contributed by atoms with Crippen LogP contribution in [0.25, 0.3) is 0 Å². The van der Waals surface area contributed by atoms with Gasteiger partial charge in [-0.3, -0.25) is 0 Å². The molecule has 1 saturated heterocycles. The third-order valence-corrected chi connectivity index (χ3v) is 4.15. The van der Waals surface area contributed by atoms with Gasteiger partial charge in [-0.2, -0.15) is 13.2 Å². The topological polar surface area (TPSA) is 51.8 Å². The summed E-state index contributed by atoms with van der Waals surface area (Å²) in [5, 5.41) is 5.79. The lowest BCUT2D eigenvalue weighted by Crippen LogP contribution is -2.31. The Balaban J connectivity index is 1.79. The maximum absolute atomic E-state index is 12.8. The normalized spacial score (nSPS) is 15.7. The summed E-state index contributed by atoms with van der Waals surface area (Å²) in [5.74, 6) is 0. The average Bonchev–Trinajstić information content (AvgIpc) is 2.95. The summed E-state index contributed by atoms with van der Waals surface area (Å²) in [5.41, 5.74) is 0.0545. The molecule has 0 amide bonds. The van der Waals surface area contributed by atoms with E-state index in [9.17, 15) is 13.2 Å². The smallest absolute Gasteiger partial charge is 0.360 e.